The zero-order valence-electron chi connectivity index (χ0n) is 10.5. The number of rotatable bonds is 4. The highest BCUT2D eigenvalue weighted by molar-refractivity contribution is 5.70. The van der Waals surface area contributed by atoms with Gasteiger partial charge >= 0.3 is 12.1 Å². The molecule has 0 saturated heterocycles. The lowest BCUT2D eigenvalue weighted by Crippen LogP contribution is -2.47. The fourth-order valence-corrected chi connectivity index (χ4v) is 2.71. The Kier molecular flexibility index (Phi) is 5.44. The average Bonchev–Trinajstić information content (AvgIpc) is 2.49. The van der Waals surface area contributed by atoms with Gasteiger partial charge in [-0.2, -0.15) is 13.2 Å². The van der Waals surface area contributed by atoms with Crippen molar-refractivity contribution in [1.82, 2.24) is 4.90 Å². The lowest BCUT2D eigenvalue weighted by Gasteiger charge is -2.34. The summed E-state index contributed by atoms with van der Waals surface area (Å²) in [6.07, 6.45) is -0.746. The van der Waals surface area contributed by atoms with Crippen LogP contribution in [-0.4, -0.2) is 41.3 Å². The standard InChI is InChI=1S/C12H20F3NO2/c1-2-16(8-12(13,14)15)10-7-5-3-4-6-9(10)11(17)18/h9-10H,2-8H2,1H3,(H,17,18). The van der Waals surface area contributed by atoms with Crippen LogP contribution in [0, 0.1) is 5.92 Å². The minimum Gasteiger partial charge on any atom is -0.481 e. The molecule has 0 radical (unpaired) electrons. The van der Waals surface area contributed by atoms with E-state index in [1.54, 1.807) is 6.92 Å². The zero-order chi connectivity index (χ0) is 13.8. The van der Waals surface area contributed by atoms with E-state index in [0.29, 0.717) is 12.8 Å². The van der Waals surface area contributed by atoms with Gasteiger partial charge in [-0.3, -0.25) is 9.69 Å². The largest absolute Gasteiger partial charge is 0.481 e. The molecule has 0 amide bonds. The molecule has 3 nitrogen and oxygen atoms in total. The maximum atomic E-state index is 12.5. The first-order valence-corrected chi connectivity index (χ1v) is 6.38. The maximum absolute atomic E-state index is 12.5. The highest BCUT2D eigenvalue weighted by Gasteiger charge is 2.38. The molecule has 1 aliphatic rings. The predicted octanol–water partition coefficient (Wildman–Crippen LogP) is 2.90. The number of aliphatic carboxylic acids is 1. The number of carboxylic acid groups (broad SMARTS) is 1. The van der Waals surface area contributed by atoms with E-state index in [-0.39, 0.29) is 6.54 Å². The molecule has 2 atom stereocenters. The summed E-state index contributed by atoms with van der Waals surface area (Å²) in [6, 6.07) is -0.489. The molecule has 0 heterocycles. The molecule has 2 unspecified atom stereocenters. The van der Waals surface area contributed by atoms with Gasteiger partial charge in [0.15, 0.2) is 0 Å². The second kappa shape index (κ2) is 6.41. The Balaban J connectivity index is 2.81. The van der Waals surface area contributed by atoms with Gasteiger partial charge in [-0.15, -0.1) is 0 Å². The second-order valence-electron chi connectivity index (χ2n) is 4.83. The van der Waals surface area contributed by atoms with Crippen LogP contribution in [0.3, 0.4) is 0 Å². The van der Waals surface area contributed by atoms with Crippen LogP contribution < -0.4 is 0 Å². The van der Waals surface area contributed by atoms with E-state index >= 15 is 0 Å². The van der Waals surface area contributed by atoms with Gasteiger partial charge in [0, 0.05) is 6.04 Å². The van der Waals surface area contributed by atoms with Crippen LogP contribution in [0.4, 0.5) is 13.2 Å². The molecule has 0 aromatic heterocycles. The summed E-state index contributed by atoms with van der Waals surface area (Å²) >= 11 is 0. The van der Waals surface area contributed by atoms with Crippen LogP contribution >= 0.6 is 0 Å². The number of hydrogen-bond donors (Lipinski definition) is 1. The molecule has 1 saturated carbocycles. The Morgan fingerprint density at radius 1 is 1.28 bits per heavy atom. The average molecular weight is 267 g/mol. The Morgan fingerprint density at radius 3 is 2.39 bits per heavy atom. The van der Waals surface area contributed by atoms with E-state index in [2.05, 4.69) is 0 Å². The molecule has 1 aliphatic carbocycles. The summed E-state index contributed by atoms with van der Waals surface area (Å²) in [7, 11) is 0. The first-order chi connectivity index (χ1) is 8.35. The highest BCUT2D eigenvalue weighted by Crippen LogP contribution is 2.29. The highest BCUT2D eigenvalue weighted by atomic mass is 19.4. The number of carbonyl (C=O) groups is 1. The molecule has 0 spiro atoms. The van der Waals surface area contributed by atoms with Crippen molar-refractivity contribution in [2.45, 2.75) is 51.2 Å². The summed E-state index contributed by atoms with van der Waals surface area (Å²) in [5, 5.41) is 9.17. The number of nitrogens with zero attached hydrogens (tertiary/aromatic N) is 1. The fourth-order valence-electron chi connectivity index (χ4n) is 2.71. The predicted molar refractivity (Wildman–Crippen MR) is 61.3 cm³/mol. The van der Waals surface area contributed by atoms with Crippen molar-refractivity contribution < 1.29 is 23.1 Å². The molecular formula is C12H20F3NO2. The van der Waals surface area contributed by atoms with E-state index < -0.39 is 30.7 Å². The number of alkyl halides is 3. The van der Waals surface area contributed by atoms with Crippen molar-refractivity contribution >= 4 is 5.97 Å². The molecule has 18 heavy (non-hydrogen) atoms. The lowest BCUT2D eigenvalue weighted by molar-refractivity contribution is -0.160. The van der Waals surface area contributed by atoms with E-state index in [9.17, 15) is 18.0 Å². The van der Waals surface area contributed by atoms with Crippen LogP contribution in [0.1, 0.15) is 39.0 Å². The van der Waals surface area contributed by atoms with E-state index in [0.717, 1.165) is 19.3 Å². The molecule has 0 aromatic carbocycles. The third kappa shape index (κ3) is 4.48. The van der Waals surface area contributed by atoms with Gasteiger partial charge < -0.3 is 5.11 Å². The summed E-state index contributed by atoms with van der Waals surface area (Å²) in [6.45, 7) is 0.863. The topological polar surface area (TPSA) is 40.5 Å². The molecule has 106 valence electrons. The molecule has 0 aliphatic heterocycles. The molecule has 0 aromatic rings. The smallest absolute Gasteiger partial charge is 0.401 e. The number of halogens is 3. The Morgan fingerprint density at radius 2 is 1.89 bits per heavy atom. The summed E-state index contributed by atoms with van der Waals surface area (Å²) in [4.78, 5) is 12.5. The summed E-state index contributed by atoms with van der Waals surface area (Å²) in [5.41, 5.74) is 0. The molecular weight excluding hydrogens is 247 g/mol. The van der Waals surface area contributed by atoms with Gasteiger partial charge in [0.2, 0.25) is 0 Å². The monoisotopic (exact) mass is 267 g/mol. The lowest BCUT2D eigenvalue weighted by atomic mass is 9.93. The third-order valence-corrected chi connectivity index (χ3v) is 3.55. The molecule has 1 fully saturated rings. The van der Waals surface area contributed by atoms with Gasteiger partial charge in [0.05, 0.1) is 12.5 Å². The molecule has 0 bridgehead atoms. The second-order valence-corrected chi connectivity index (χ2v) is 4.83. The fraction of sp³-hybridized carbons (Fsp3) is 0.917. The zero-order valence-corrected chi connectivity index (χ0v) is 10.5. The third-order valence-electron chi connectivity index (χ3n) is 3.55. The van der Waals surface area contributed by atoms with E-state index in [1.165, 1.54) is 4.90 Å². The maximum Gasteiger partial charge on any atom is 0.401 e. The Labute approximate surface area is 105 Å². The van der Waals surface area contributed by atoms with Crippen LogP contribution in [0.15, 0.2) is 0 Å². The SMILES string of the molecule is CCN(CC(F)(F)F)C1CCCCCC1C(=O)O. The number of carboxylic acids is 1. The summed E-state index contributed by atoms with van der Waals surface area (Å²) < 4.78 is 37.5. The van der Waals surface area contributed by atoms with Crippen LogP contribution in [0.5, 0.6) is 0 Å². The van der Waals surface area contributed by atoms with E-state index in [4.69, 9.17) is 5.11 Å². The molecule has 6 heteroatoms. The van der Waals surface area contributed by atoms with Crippen LogP contribution in [0.25, 0.3) is 0 Å². The van der Waals surface area contributed by atoms with Crippen LogP contribution in [0.2, 0.25) is 0 Å². The van der Waals surface area contributed by atoms with Gasteiger partial charge in [0.25, 0.3) is 0 Å². The first-order valence-electron chi connectivity index (χ1n) is 6.38. The number of hydrogen-bond acceptors (Lipinski definition) is 2. The first kappa shape index (κ1) is 15.3. The van der Waals surface area contributed by atoms with Crippen molar-refractivity contribution in [1.29, 1.82) is 0 Å². The summed E-state index contributed by atoms with van der Waals surface area (Å²) in [5.74, 6) is -1.64. The minimum atomic E-state index is -4.27. The van der Waals surface area contributed by atoms with Crippen molar-refractivity contribution in [3.63, 3.8) is 0 Å². The van der Waals surface area contributed by atoms with Crippen molar-refractivity contribution in [2.75, 3.05) is 13.1 Å². The molecule has 1 rings (SSSR count). The van der Waals surface area contributed by atoms with Gasteiger partial charge in [-0.05, 0) is 19.4 Å². The Hall–Kier alpha value is -0.780. The van der Waals surface area contributed by atoms with Crippen molar-refractivity contribution in [3.8, 4) is 0 Å². The van der Waals surface area contributed by atoms with Gasteiger partial charge in [0.1, 0.15) is 0 Å². The van der Waals surface area contributed by atoms with E-state index in [1.807, 2.05) is 0 Å². The quantitative estimate of drug-likeness (QED) is 0.796. The van der Waals surface area contributed by atoms with Crippen molar-refractivity contribution in [3.05, 3.63) is 0 Å². The van der Waals surface area contributed by atoms with Gasteiger partial charge in [-0.1, -0.05) is 26.2 Å². The van der Waals surface area contributed by atoms with Crippen molar-refractivity contribution in [2.24, 2.45) is 5.92 Å². The minimum absolute atomic E-state index is 0.230. The van der Waals surface area contributed by atoms with Gasteiger partial charge in [-0.25, -0.2) is 0 Å². The molecule has 1 N–H and O–H groups in total. The normalized spacial score (nSPS) is 26.1. The Bertz CT molecular complexity index is 281. The van der Waals surface area contributed by atoms with Crippen LogP contribution in [-0.2, 0) is 4.79 Å².